The number of nitrogens with one attached hydrogen (secondary N) is 1. The van der Waals surface area contributed by atoms with Crippen LogP contribution in [0.3, 0.4) is 0 Å². The lowest BCUT2D eigenvalue weighted by Crippen LogP contribution is -2.53. The molecule has 1 aromatic heterocycles. The van der Waals surface area contributed by atoms with Crippen LogP contribution in [0.4, 0.5) is 14.6 Å². The van der Waals surface area contributed by atoms with E-state index >= 15 is 4.39 Å². The minimum absolute atomic E-state index is 0.313. The van der Waals surface area contributed by atoms with Crippen molar-refractivity contribution in [2.75, 3.05) is 5.73 Å². The number of rotatable bonds is 8. The molecule has 33 heavy (non-hydrogen) atoms. The Balaban J connectivity index is 2.26. The molecule has 4 radical (unpaired) electrons. The van der Waals surface area contributed by atoms with Crippen LogP contribution in [0.1, 0.15) is 27.0 Å². The molecule has 0 amide bonds. The average molecular weight is 483 g/mol. The number of nitrogens with zero attached hydrogens (tertiary/aromatic N) is 2. The van der Waals surface area contributed by atoms with Gasteiger partial charge < -0.3 is 20.3 Å². The number of carbonyl (C=O) groups is 1. The topological polar surface area (TPSA) is 155 Å². The lowest BCUT2D eigenvalue weighted by Gasteiger charge is -2.29. The van der Waals surface area contributed by atoms with E-state index in [1.807, 2.05) is 0 Å². The molecule has 0 bridgehead atoms. The number of nitrogen functional groups attached to an aromatic ring is 1. The van der Waals surface area contributed by atoms with Crippen LogP contribution in [-0.4, -0.2) is 71.7 Å². The summed E-state index contributed by atoms with van der Waals surface area (Å²) < 4.78 is 57.0. The van der Waals surface area contributed by atoms with Crippen LogP contribution in [0.25, 0.3) is 0 Å². The molecule has 1 aromatic rings. The van der Waals surface area contributed by atoms with E-state index in [0.717, 1.165) is 0 Å². The molecule has 0 spiro atoms. The van der Waals surface area contributed by atoms with Crippen molar-refractivity contribution in [3.63, 3.8) is 0 Å². The highest BCUT2D eigenvalue weighted by Gasteiger charge is 2.62. The minimum atomic E-state index is -3.17. The summed E-state index contributed by atoms with van der Waals surface area (Å²) in [6.07, 6.45) is -1.29. The number of alkyl halides is 1. The third kappa shape index (κ3) is 5.59. The van der Waals surface area contributed by atoms with Crippen molar-refractivity contribution < 1.29 is 37.2 Å². The van der Waals surface area contributed by atoms with Gasteiger partial charge in [-0.1, -0.05) is 11.0 Å². The highest BCUT2D eigenvalue weighted by atomic mass is 31.1. The zero-order chi connectivity index (χ0) is 25.3. The molecule has 1 saturated heterocycles. The SMILES string of the molecule is [B]C([B])(O[P+](=O)N[C@@H](C)C(=O)OC(C)C)C1O[C@@H](n2cc(F)c(N)nc2=O)[C@@](F)(C#C)C1O. The van der Waals surface area contributed by atoms with E-state index in [2.05, 4.69) is 10.1 Å². The van der Waals surface area contributed by atoms with Gasteiger partial charge in [0.15, 0.2) is 17.9 Å². The first-order chi connectivity index (χ1) is 15.1. The van der Waals surface area contributed by atoms with Gasteiger partial charge in [-0.2, -0.15) is 4.98 Å². The van der Waals surface area contributed by atoms with E-state index in [0.29, 0.717) is 10.8 Å². The standard InChI is InChI=1S/C17H19B2F2N4O7P/c1-5-16(21)10(26)11(31-14(16)25-6-9(20)12(22)23-15(25)28)17(18,19)32-33(29)24-8(4)13(27)30-7(2)3/h1,6-8,10-11,14,26H,2-4H3,(H2-,22,23,24,28,29)/p+1/t8-,10?,11?,14+,16+/m0/s1. The number of halogens is 2. The molecular formula is C17H20B2F2N4O7P+. The largest absolute Gasteiger partial charge is 0.612 e. The molecule has 1 aliphatic rings. The number of ether oxygens (including phenoxy) is 2. The highest BCUT2D eigenvalue weighted by Crippen LogP contribution is 2.45. The number of terminal acetylenes is 1. The molecule has 0 saturated carbocycles. The van der Waals surface area contributed by atoms with Gasteiger partial charge in [-0.05, 0) is 25.3 Å². The summed E-state index contributed by atoms with van der Waals surface area (Å²) in [7, 11) is 8.51. The average Bonchev–Trinajstić information content (AvgIpc) is 2.96. The Morgan fingerprint density at radius 3 is 2.70 bits per heavy atom. The second-order valence-electron chi connectivity index (χ2n) is 7.47. The first kappa shape index (κ1) is 26.9. The van der Waals surface area contributed by atoms with Crippen molar-refractivity contribution in [2.45, 2.75) is 62.4 Å². The maximum atomic E-state index is 15.5. The fourth-order valence-corrected chi connectivity index (χ4v) is 3.71. The predicted molar refractivity (Wildman–Crippen MR) is 112 cm³/mol. The van der Waals surface area contributed by atoms with Gasteiger partial charge in [-0.3, -0.25) is 9.36 Å². The molecule has 6 atom stereocenters. The molecule has 4 N–H and O–H groups in total. The summed E-state index contributed by atoms with van der Waals surface area (Å²) in [5.74, 6) is -1.11. The molecule has 174 valence electrons. The van der Waals surface area contributed by atoms with Crippen LogP contribution in [0.5, 0.6) is 0 Å². The molecular weight excluding hydrogens is 463 g/mol. The fourth-order valence-electron chi connectivity index (χ4n) is 2.85. The van der Waals surface area contributed by atoms with E-state index in [4.69, 9.17) is 41.8 Å². The van der Waals surface area contributed by atoms with Gasteiger partial charge >= 0.3 is 19.8 Å². The molecule has 11 nitrogen and oxygen atoms in total. The Hall–Kier alpha value is -2.36. The lowest BCUT2D eigenvalue weighted by atomic mass is 9.60. The number of anilines is 1. The van der Waals surface area contributed by atoms with Crippen LogP contribution in [-0.2, 0) is 23.4 Å². The second-order valence-corrected chi connectivity index (χ2v) is 8.42. The summed E-state index contributed by atoms with van der Waals surface area (Å²) in [5, 5.41) is 10.0. The van der Waals surface area contributed by atoms with Crippen LogP contribution >= 0.6 is 8.18 Å². The molecule has 1 fully saturated rings. The van der Waals surface area contributed by atoms with E-state index in [9.17, 15) is 23.7 Å². The summed E-state index contributed by atoms with van der Waals surface area (Å²) >= 11 is 0. The van der Waals surface area contributed by atoms with Gasteiger partial charge in [0, 0.05) is 0 Å². The van der Waals surface area contributed by atoms with E-state index in [1.54, 1.807) is 19.8 Å². The summed E-state index contributed by atoms with van der Waals surface area (Å²) in [5.41, 5.74) is 0.776. The lowest BCUT2D eigenvalue weighted by molar-refractivity contribution is -0.149. The van der Waals surface area contributed by atoms with Gasteiger partial charge in [0.2, 0.25) is 5.67 Å². The van der Waals surface area contributed by atoms with Crippen LogP contribution in [0.2, 0.25) is 0 Å². The zero-order valence-electron chi connectivity index (χ0n) is 17.8. The number of aliphatic hydroxyl groups is 1. The van der Waals surface area contributed by atoms with Gasteiger partial charge in [-0.25, -0.2) is 13.6 Å². The molecule has 2 heterocycles. The van der Waals surface area contributed by atoms with Crippen LogP contribution < -0.4 is 16.5 Å². The van der Waals surface area contributed by atoms with E-state index in [1.165, 1.54) is 6.92 Å². The summed E-state index contributed by atoms with van der Waals surface area (Å²) in [4.78, 5) is 27.1. The second kappa shape index (κ2) is 9.87. The summed E-state index contributed by atoms with van der Waals surface area (Å²) in [6.45, 7) is 4.51. The molecule has 16 heteroatoms. The smallest absolute Gasteiger partial charge is 0.462 e. The molecule has 2 rings (SSSR count). The van der Waals surface area contributed by atoms with Crippen LogP contribution in [0.15, 0.2) is 11.0 Å². The monoisotopic (exact) mass is 483 g/mol. The maximum Gasteiger partial charge on any atom is 0.612 e. The number of aliphatic hydroxyl groups excluding tert-OH is 1. The Bertz CT molecular complexity index is 1040. The number of nitrogens with two attached hydrogens (primary N) is 1. The third-order valence-corrected chi connectivity index (χ3v) is 5.53. The zero-order valence-corrected chi connectivity index (χ0v) is 18.7. The fraction of sp³-hybridized carbons (Fsp3) is 0.588. The maximum absolute atomic E-state index is 15.5. The number of hydrogen-bond acceptors (Lipinski definition) is 9. The number of aromatic nitrogens is 2. The highest BCUT2D eigenvalue weighted by molar-refractivity contribution is 7.37. The first-order valence-corrected chi connectivity index (χ1v) is 10.6. The third-order valence-electron chi connectivity index (χ3n) is 4.45. The predicted octanol–water partition coefficient (Wildman–Crippen LogP) is -0.841. The number of esters is 1. The minimum Gasteiger partial charge on any atom is -0.462 e. The number of carbonyl (C=O) groups excluding carboxylic acids is 1. The van der Waals surface area contributed by atoms with Gasteiger partial charge in [0.05, 0.1) is 17.7 Å². The van der Waals surface area contributed by atoms with Crippen molar-refractivity contribution in [1.29, 1.82) is 0 Å². The van der Waals surface area contributed by atoms with Crippen molar-refractivity contribution in [3.8, 4) is 12.3 Å². The van der Waals surface area contributed by atoms with Crippen molar-refractivity contribution >= 4 is 35.7 Å². The Morgan fingerprint density at radius 2 is 2.15 bits per heavy atom. The first-order valence-electron chi connectivity index (χ1n) is 9.39. The van der Waals surface area contributed by atoms with Gasteiger partial charge in [0.25, 0.3) is 0 Å². The van der Waals surface area contributed by atoms with Gasteiger partial charge in [-0.15, -0.1) is 10.9 Å². The Morgan fingerprint density at radius 1 is 1.55 bits per heavy atom. The van der Waals surface area contributed by atoms with Gasteiger partial charge in [0.1, 0.15) is 33.9 Å². The quantitative estimate of drug-likeness (QED) is 0.185. The molecule has 0 aromatic carbocycles. The van der Waals surface area contributed by atoms with Crippen LogP contribution in [0, 0.1) is 18.2 Å². The molecule has 3 unspecified atom stereocenters. The Labute approximate surface area is 191 Å². The number of hydrogen-bond donors (Lipinski definition) is 3. The van der Waals surface area contributed by atoms with Crippen molar-refractivity contribution in [2.24, 2.45) is 0 Å². The van der Waals surface area contributed by atoms with Crippen molar-refractivity contribution in [1.82, 2.24) is 14.6 Å². The van der Waals surface area contributed by atoms with E-state index < -0.39 is 73.1 Å². The molecule has 1 aliphatic heterocycles. The molecule has 0 aliphatic carbocycles. The normalized spacial score (nSPS) is 26.6. The Kier molecular flexibility index (Phi) is 8.04. The summed E-state index contributed by atoms with van der Waals surface area (Å²) in [6, 6.07) is -1.12. The van der Waals surface area contributed by atoms with Crippen molar-refractivity contribution in [3.05, 3.63) is 22.5 Å². The van der Waals surface area contributed by atoms with E-state index in [-0.39, 0.29) is 0 Å².